The molecule has 0 aromatic heterocycles. The molecule has 0 heterocycles. The summed E-state index contributed by atoms with van der Waals surface area (Å²) in [6.45, 7) is 0. The van der Waals surface area contributed by atoms with Crippen molar-refractivity contribution in [3.8, 4) is 0 Å². The molecule has 27 heavy (non-hydrogen) atoms. The number of hydrogen-bond donors (Lipinski definition) is 3. The summed E-state index contributed by atoms with van der Waals surface area (Å²) in [5.41, 5.74) is 1.34. The van der Waals surface area contributed by atoms with E-state index in [-0.39, 0.29) is 17.3 Å². The highest BCUT2D eigenvalue weighted by molar-refractivity contribution is 6.04. The second-order valence-electron chi connectivity index (χ2n) is 5.32. The molecule has 0 aliphatic rings. The number of nitrogens with one attached hydrogen (secondary N) is 2. The lowest BCUT2D eigenvalue weighted by atomic mass is 10.1. The summed E-state index contributed by atoms with van der Waals surface area (Å²) in [5.74, 6) is -0.937. The smallest absolute Gasteiger partial charge is 0.351 e. The van der Waals surface area contributed by atoms with Gasteiger partial charge in [-0.1, -0.05) is 0 Å². The lowest BCUT2D eigenvalue weighted by Crippen LogP contribution is -2.19. The van der Waals surface area contributed by atoms with Crippen LogP contribution in [0.1, 0.15) is 21.5 Å². The van der Waals surface area contributed by atoms with Crippen LogP contribution in [-0.2, 0) is 12.4 Å². The van der Waals surface area contributed by atoms with Gasteiger partial charge in [-0.05, 0) is 42.5 Å². The van der Waals surface area contributed by atoms with E-state index in [0.717, 1.165) is 0 Å². The Labute approximate surface area is 148 Å². The highest BCUT2D eigenvalue weighted by Crippen LogP contribution is 2.37. The number of carbonyl (C=O) groups is 2. The van der Waals surface area contributed by atoms with Gasteiger partial charge < -0.3 is 16.4 Å². The molecule has 5 nitrogen and oxygen atoms in total. The molecule has 0 unspecified atom stereocenters. The monoisotopic (exact) mass is 391 g/mol. The summed E-state index contributed by atoms with van der Waals surface area (Å²) in [7, 11) is 0. The summed E-state index contributed by atoms with van der Waals surface area (Å²) >= 11 is 0. The molecule has 0 radical (unpaired) electrons. The van der Waals surface area contributed by atoms with E-state index in [1.807, 2.05) is 5.32 Å². The fraction of sp³-hybridized carbons (Fsp3) is 0.125. The first kappa shape index (κ1) is 20.1. The van der Waals surface area contributed by atoms with Gasteiger partial charge in [-0.3, -0.25) is 4.79 Å². The molecule has 0 spiro atoms. The van der Waals surface area contributed by atoms with Crippen LogP contribution in [0.5, 0.6) is 0 Å². The SMILES string of the molecule is NC(=O)Nc1ccc(C(=O)Nc2cc(C(F)(F)F)cc(C(F)(F)F)c2)cc1. The Morgan fingerprint density at radius 3 is 1.63 bits per heavy atom. The molecule has 0 fully saturated rings. The molecule has 3 amide bonds. The van der Waals surface area contributed by atoms with Gasteiger partial charge in [0.2, 0.25) is 0 Å². The predicted molar refractivity (Wildman–Crippen MR) is 84.0 cm³/mol. The largest absolute Gasteiger partial charge is 0.416 e. The third-order valence-corrected chi connectivity index (χ3v) is 3.26. The zero-order valence-electron chi connectivity index (χ0n) is 13.2. The fourth-order valence-electron chi connectivity index (χ4n) is 2.08. The molecular formula is C16H11F6N3O2. The number of hydrogen-bond acceptors (Lipinski definition) is 2. The van der Waals surface area contributed by atoms with Crippen molar-refractivity contribution in [3.63, 3.8) is 0 Å². The van der Waals surface area contributed by atoms with Gasteiger partial charge >= 0.3 is 18.4 Å². The van der Waals surface area contributed by atoms with Crippen LogP contribution in [0.15, 0.2) is 42.5 Å². The number of carbonyl (C=O) groups excluding carboxylic acids is 2. The van der Waals surface area contributed by atoms with Gasteiger partial charge in [0, 0.05) is 16.9 Å². The van der Waals surface area contributed by atoms with Crippen LogP contribution >= 0.6 is 0 Å². The van der Waals surface area contributed by atoms with E-state index in [0.29, 0.717) is 12.1 Å². The van der Waals surface area contributed by atoms with E-state index < -0.39 is 41.1 Å². The minimum absolute atomic E-state index is 0.0417. The number of urea groups is 1. The molecule has 4 N–H and O–H groups in total. The Bertz CT molecular complexity index is 828. The van der Waals surface area contributed by atoms with Crippen LogP contribution in [0.2, 0.25) is 0 Å². The van der Waals surface area contributed by atoms with Crippen LogP contribution < -0.4 is 16.4 Å². The summed E-state index contributed by atoms with van der Waals surface area (Å²) in [4.78, 5) is 22.8. The number of nitrogens with two attached hydrogens (primary N) is 1. The first-order valence-corrected chi connectivity index (χ1v) is 7.13. The van der Waals surface area contributed by atoms with Gasteiger partial charge in [0.1, 0.15) is 0 Å². The molecule has 2 aromatic rings. The number of primary amides is 1. The van der Waals surface area contributed by atoms with Gasteiger partial charge in [0.15, 0.2) is 0 Å². The molecule has 144 valence electrons. The van der Waals surface area contributed by atoms with Crippen LogP contribution in [0.3, 0.4) is 0 Å². The average Bonchev–Trinajstić information content (AvgIpc) is 2.53. The Hall–Kier alpha value is -3.24. The third kappa shape index (κ3) is 5.36. The molecule has 0 saturated carbocycles. The third-order valence-electron chi connectivity index (χ3n) is 3.26. The minimum atomic E-state index is -5.02. The van der Waals surface area contributed by atoms with Crippen molar-refractivity contribution in [1.29, 1.82) is 0 Å². The Kier molecular flexibility index (Phi) is 5.33. The van der Waals surface area contributed by atoms with Gasteiger partial charge in [-0.15, -0.1) is 0 Å². The second kappa shape index (κ2) is 7.17. The van der Waals surface area contributed by atoms with Crippen molar-refractivity contribution >= 4 is 23.3 Å². The number of halogens is 6. The molecular weight excluding hydrogens is 380 g/mol. The van der Waals surface area contributed by atoms with Crippen molar-refractivity contribution in [2.75, 3.05) is 10.6 Å². The molecule has 0 aliphatic heterocycles. The Morgan fingerprint density at radius 2 is 1.22 bits per heavy atom. The minimum Gasteiger partial charge on any atom is -0.351 e. The molecule has 11 heteroatoms. The molecule has 2 rings (SSSR count). The molecule has 0 bridgehead atoms. The molecule has 0 aliphatic carbocycles. The zero-order valence-corrected chi connectivity index (χ0v) is 13.2. The average molecular weight is 391 g/mol. The van der Waals surface area contributed by atoms with E-state index in [2.05, 4.69) is 5.32 Å². The van der Waals surface area contributed by atoms with E-state index >= 15 is 0 Å². The second-order valence-corrected chi connectivity index (χ2v) is 5.32. The number of benzene rings is 2. The van der Waals surface area contributed by atoms with Crippen LogP contribution in [0.4, 0.5) is 42.5 Å². The summed E-state index contributed by atoms with van der Waals surface area (Å²) < 4.78 is 76.9. The van der Waals surface area contributed by atoms with Crippen molar-refractivity contribution in [2.24, 2.45) is 5.73 Å². The van der Waals surface area contributed by atoms with Crippen LogP contribution in [0, 0.1) is 0 Å². The molecule has 2 aromatic carbocycles. The summed E-state index contributed by atoms with van der Waals surface area (Å²) in [6.07, 6.45) is -10.0. The number of alkyl halides is 6. The van der Waals surface area contributed by atoms with Gasteiger partial charge in [0.05, 0.1) is 11.1 Å². The number of anilines is 2. The first-order valence-electron chi connectivity index (χ1n) is 7.13. The van der Waals surface area contributed by atoms with E-state index in [1.54, 1.807) is 0 Å². The number of rotatable bonds is 3. The maximum Gasteiger partial charge on any atom is 0.416 e. The van der Waals surface area contributed by atoms with Crippen molar-refractivity contribution in [2.45, 2.75) is 12.4 Å². The number of amides is 3. The Balaban J connectivity index is 2.30. The van der Waals surface area contributed by atoms with E-state index in [1.165, 1.54) is 24.3 Å². The quantitative estimate of drug-likeness (QED) is 0.675. The topological polar surface area (TPSA) is 84.2 Å². The molecule has 0 saturated heterocycles. The van der Waals surface area contributed by atoms with Crippen molar-refractivity contribution in [3.05, 3.63) is 59.2 Å². The maximum atomic E-state index is 12.8. The van der Waals surface area contributed by atoms with Crippen molar-refractivity contribution in [1.82, 2.24) is 0 Å². The normalized spacial score (nSPS) is 11.8. The predicted octanol–water partition coefficient (Wildman–Crippen LogP) is 4.47. The standard InChI is InChI=1S/C16H11F6N3O2/c17-15(18,19)9-5-10(16(20,21)22)7-12(6-9)24-13(26)8-1-3-11(4-2-8)25-14(23)27/h1-7H,(H,24,26)(H3,23,25,27). The fourth-order valence-corrected chi connectivity index (χ4v) is 2.08. The van der Waals surface area contributed by atoms with Gasteiger partial charge in [-0.25, -0.2) is 4.79 Å². The molecule has 0 atom stereocenters. The highest BCUT2D eigenvalue weighted by Gasteiger charge is 2.37. The summed E-state index contributed by atoms with van der Waals surface area (Å²) in [5, 5.41) is 4.22. The van der Waals surface area contributed by atoms with E-state index in [4.69, 9.17) is 5.73 Å². The van der Waals surface area contributed by atoms with Crippen LogP contribution in [-0.4, -0.2) is 11.9 Å². The lowest BCUT2D eigenvalue weighted by molar-refractivity contribution is -0.143. The lowest BCUT2D eigenvalue weighted by Gasteiger charge is -2.15. The highest BCUT2D eigenvalue weighted by atomic mass is 19.4. The van der Waals surface area contributed by atoms with Crippen LogP contribution in [0.25, 0.3) is 0 Å². The van der Waals surface area contributed by atoms with Gasteiger partial charge in [0.25, 0.3) is 5.91 Å². The summed E-state index contributed by atoms with van der Waals surface area (Å²) in [6, 6.07) is 4.89. The van der Waals surface area contributed by atoms with E-state index in [9.17, 15) is 35.9 Å². The van der Waals surface area contributed by atoms with Crippen molar-refractivity contribution < 1.29 is 35.9 Å². The Morgan fingerprint density at radius 1 is 0.741 bits per heavy atom. The zero-order chi connectivity index (χ0) is 20.4. The van der Waals surface area contributed by atoms with Gasteiger partial charge in [-0.2, -0.15) is 26.3 Å². The maximum absolute atomic E-state index is 12.8. The first-order chi connectivity index (χ1) is 12.4.